The standard InChI is InChI=1S/C13H14N2.2ClH/c1-11-4-6-13(7-5-11)15-10-12-3-2-8-14-9-12;;/h2-9,15H,10H2,1H3;2*1H. The van der Waals surface area contributed by atoms with E-state index in [0.717, 1.165) is 12.2 Å². The number of pyridine rings is 1. The van der Waals surface area contributed by atoms with Gasteiger partial charge in [-0.05, 0) is 30.7 Å². The van der Waals surface area contributed by atoms with Crippen molar-refractivity contribution in [2.45, 2.75) is 13.5 Å². The van der Waals surface area contributed by atoms with Crippen molar-refractivity contribution in [3.63, 3.8) is 0 Å². The first-order valence-electron chi connectivity index (χ1n) is 5.04. The second-order valence-corrected chi connectivity index (χ2v) is 3.58. The summed E-state index contributed by atoms with van der Waals surface area (Å²) in [6.07, 6.45) is 3.66. The second kappa shape index (κ2) is 7.93. The second-order valence-electron chi connectivity index (χ2n) is 3.58. The molecule has 2 rings (SSSR count). The molecule has 1 aromatic carbocycles. The third kappa shape index (κ3) is 5.07. The molecule has 0 atom stereocenters. The molecule has 2 nitrogen and oxygen atoms in total. The molecule has 0 fully saturated rings. The van der Waals surface area contributed by atoms with Crippen molar-refractivity contribution in [1.29, 1.82) is 0 Å². The molecule has 1 N–H and O–H groups in total. The molecule has 1 aromatic heterocycles. The molecule has 0 saturated heterocycles. The molecule has 0 saturated carbocycles. The summed E-state index contributed by atoms with van der Waals surface area (Å²) in [6, 6.07) is 12.4. The fourth-order valence-electron chi connectivity index (χ4n) is 1.38. The maximum Gasteiger partial charge on any atom is 0.0416 e. The zero-order chi connectivity index (χ0) is 10.5. The van der Waals surface area contributed by atoms with Gasteiger partial charge in [-0.25, -0.2) is 0 Å². The predicted molar refractivity (Wildman–Crippen MR) is 77.2 cm³/mol. The summed E-state index contributed by atoms with van der Waals surface area (Å²) in [4.78, 5) is 4.07. The number of aromatic nitrogens is 1. The minimum Gasteiger partial charge on any atom is -0.381 e. The van der Waals surface area contributed by atoms with Crippen LogP contribution in [0.25, 0.3) is 0 Å². The van der Waals surface area contributed by atoms with E-state index in [1.54, 1.807) is 6.20 Å². The number of nitrogens with one attached hydrogen (secondary N) is 1. The van der Waals surface area contributed by atoms with Crippen molar-refractivity contribution in [3.8, 4) is 0 Å². The number of anilines is 1. The van der Waals surface area contributed by atoms with Gasteiger partial charge in [0.2, 0.25) is 0 Å². The molecule has 0 radical (unpaired) electrons. The van der Waals surface area contributed by atoms with Crippen LogP contribution in [0.2, 0.25) is 0 Å². The van der Waals surface area contributed by atoms with E-state index in [2.05, 4.69) is 47.6 Å². The van der Waals surface area contributed by atoms with Gasteiger partial charge in [-0.1, -0.05) is 23.8 Å². The highest BCUT2D eigenvalue weighted by atomic mass is 35.5. The van der Waals surface area contributed by atoms with E-state index in [1.165, 1.54) is 11.1 Å². The zero-order valence-corrected chi connectivity index (χ0v) is 11.2. The quantitative estimate of drug-likeness (QED) is 0.917. The largest absolute Gasteiger partial charge is 0.381 e. The Balaban J connectivity index is 0.00000128. The van der Waals surface area contributed by atoms with Gasteiger partial charge in [-0.3, -0.25) is 4.98 Å². The first-order chi connectivity index (χ1) is 7.34. The van der Waals surface area contributed by atoms with Crippen LogP contribution in [0, 0.1) is 6.92 Å². The Morgan fingerprint density at radius 1 is 1.06 bits per heavy atom. The van der Waals surface area contributed by atoms with Gasteiger partial charge in [0.1, 0.15) is 0 Å². The molecule has 17 heavy (non-hydrogen) atoms. The molecule has 0 amide bonds. The van der Waals surface area contributed by atoms with Gasteiger partial charge >= 0.3 is 0 Å². The van der Waals surface area contributed by atoms with Gasteiger partial charge in [-0.15, -0.1) is 24.8 Å². The number of halogens is 2. The third-order valence-corrected chi connectivity index (χ3v) is 2.27. The van der Waals surface area contributed by atoms with Crippen LogP contribution in [0.5, 0.6) is 0 Å². The Labute approximate surface area is 114 Å². The molecule has 0 aliphatic heterocycles. The van der Waals surface area contributed by atoms with Gasteiger partial charge in [0.25, 0.3) is 0 Å². The molecule has 0 bridgehead atoms. The van der Waals surface area contributed by atoms with Crippen LogP contribution in [0.1, 0.15) is 11.1 Å². The number of hydrogen-bond donors (Lipinski definition) is 1. The summed E-state index contributed by atoms with van der Waals surface area (Å²) in [6.45, 7) is 2.90. The van der Waals surface area contributed by atoms with Crippen LogP contribution in [-0.4, -0.2) is 4.98 Å². The number of rotatable bonds is 3. The highest BCUT2D eigenvalue weighted by molar-refractivity contribution is 5.85. The van der Waals surface area contributed by atoms with E-state index in [4.69, 9.17) is 0 Å². The minimum atomic E-state index is 0. The maximum atomic E-state index is 4.07. The van der Waals surface area contributed by atoms with Crippen molar-refractivity contribution >= 4 is 30.5 Å². The monoisotopic (exact) mass is 270 g/mol. The van der Waals surface area contributed by atoms with Crippen molar-refractivity contribution in [2.24, 2.45) is 0 Å². The topological polar surface area (TPSA) is 24.9 Å². The first kappa shape index (κ1) is 15.8. The van der Waals surface area contributed by atoms with Crippen molar-refractivity contribution in [1.82, 2.24) is 4.98 Å². The van der Waals surface area contributed by atoms with E-state index in [1.807, 2.05) is 12.3 Å². The summed E-state index contributed by atoms with van der Waals surface area (Å²) >= 11 is 0. The Morgan fingerprint density at radius 2 is 1.76 bits per heavy atom. The Kier molecular flexibility index (Phi) is 7.35. The van der Waals surface area contributed by atoms with Crippen LogP contribution in [0.3, 0.4) is 0 Å². The molecule has 92 valence electrons. The van der Waals surface area contributed by atoms with Crippen LogP contribution in [0.4, 0.5) is 5.69 Å². The Morgan fingerprint density at radius 3 is 2.35 bits per heavy atom. The highest BCUT2D eigenvalue weighted by Gasteiger charge is 1.92. The smallest absolute Gasteiger partial charge is 0.0416 e. The fraction of sp³-hybridized carbons (Fsp3) is 0.154. The SMILES string of the molecule is Cc1ccc(NCc2cccnc2)cc1.Cl.Cl. The summed E-state index contributed by atoms with van der Waals surface area (Å²) in [5, 5.41) is 3.35. The number of hydrogen-bond acceptors (Lipinski definition) is 2. The van der Waals surface area contributed by atoms with Gasteiger partial charge in [0.05, 0.1) is 0 Å². The van der Waals surface area contributed by atoms with E-state index in [9.17, 15) is 0 Å². The van der Waals surface area contributed by atoms with Gasteiger partial charge < -0.3 is 5.32 Å². The lowest BCUT2D eigenvalue weighted by molar-refractivity contribution is 1.11. The molecule has 0 spiro atoms. The lowest BCUT2D eigenvalue weighted by Gasteiger charge is -2.06. The Bertz CT molecular complexity index is 415. The number of aryl methyl sites for hydroxylation is 1. The molecule has 0 aliphatic rings. The Hall–Kier alpha value is -1.25. The lowest BCUT2D eigenvalue weighted by atomic mass is 10.2. The minimum absolute atomic E-state index is 0. The normalized spacial score (nSPS) is 8.76. The molecular weight excluding hydrogens is 255 g/mol. The van der Waals surface area contributed by atoms with E-state index >= 15 is 0 Å². The first-order valence-corrected chi connectivity index (χ1v) is 5.04. The molecule has 0 unspecified atom stereocenters. The van der Waals surface area contributed by atoms with Gasteiger partial charge in [0.15, 0.2) is 0 Å². The van der Waals surface area contributed by atoms with Crippen molar-refractivity contribution < 1.29 is 0 Å². The number of benzene rings is 1. The average Bonchev–Trinajstić information content (AvgIpc) is 2.30. The molecule has 2 aromatic rings. The summed E-state index contributed by atoms with van der Waals surface area (Å²) in [5.41, 5.74) is 3.62. The van der Waals surface area contributed by atoms with Crippen LogP contribution < -0.4 is 5.32 Å². The highest BCUT2D eigenvalue weighted by Crippen LogP contribution is 2.09. The van der Waals surface area contributed by atoms with E-state index in [0.29, 0.717) is 0 Å². The maximum absolute atomic E-state index is 4.07. The van der Waals surface area contributed by atoms with E-state index in [-0.39, 0.29) is 24.8 Å². The van der Waals surface area contributed by atoms with Crippen LogP contribution >= 0.6 is 24.8 Å². The average molecular weight is 271 g/mol. The fourth-order valence-corrected chi connectivity index (χ4v) is 1.38. The molecule has 4 heteroatoms. The van der Waals surface area contributed by atoms with E-state index < -0.39 is 0 Å². The van der Waals surface area contributed by atoms with Crippen molar-refractivity contribution in [3.05, 3.63) is 59.9 Å². The summed E-state index contributed by atoms with van der Waals surface area (Å²) in [7, 11) is 0. The zero-order valence-electron chi connectivity index (χ0n) is 9.59. The van der Waals surface area contributed by atoms with Crippen LogP contribution in [-0.2, 0) is 6.54 Å². The third-order valence-electron chi connectivity index (χ3n) is 2.27. The molecule has 0 aliphatic carbocycles. The predicted octanol–water partition coefficient (Wildman–Crippen LogP) is 3.85. The van der Waals surface area contributed by atoms with Crippen molar-refractivity contribution in [2.75, 3.05) is 5.32 Å². The lowest BCUT2D eigenvalue weighted by Crippen LogP contribution is -1.99. The summed E-state index contributed by atoms with van der Waals surface area (Å²) < 4.78 is 0. The summed E-state index contributed by atoms with van der Waals surface area (Å²) in [5.74, 6) is 0. The number of nitrogens with zero attached hydrogens (tertiary/aromatic N) is 1. The molecule has 1 heterocycles. The van der Waals surface area contributed by atoms with Crippen LogP contribution in [0.15, 0.2) is 48.8 Å². The molecular formula is C13H16Cl2N2. The van der Waals surface area contributed by atoms with Gasteiger partial charge in [-0.2, -0.15) is 0 Å². The van der Waals surface area contributed by atoms with Gasteiger partial charge in [0, 0.05) is 24.6 Å².